The standard InChI is InChI=1S/C32H43F3N4O4/c1-39-9-5-13-43-31-20-26(19-30(22-31)42-12-4-8-38)24-14-23(15-27(16-24)32(33,34)35)25-17-28(40-10-2-6-36)21-29(18-25)41-11-3-7-37/h14-22,39H,2-13,36-38H2,1H3. The molecule has 0 aliphatic heterocycles. The van der Waals surface area contributed by atoms with E-state index in [1.165, 1.54) is 0 Å². The van der Waals surface area contributed by atoms with E-state index in [9.17, 15) is 13.2 Å². The van der Waals surface area contributed by atoms with Crippen LogP contribution < -0.4 is 41.5 Å². The third-order valence-electron chi connectivity index (χ3n) is 6.38. The summed E-state index contributed by atoms with van der Waals surface area (Å²) >= 11 is 0. The highest BCUT2D eigenvalue weighted by Gasteiger charge is 2.31. The number of halogens is 3. The van der Waals surface area contributed by atoms with E-state index in [-0.39, 0.29) is 0 Å². The number of ether oxygens (including phenoxy) is 4. The molecular formula is C32H43F3N4O4. The van der Waals surface area contributed by atoms with E-state index in [1.54, 1.807) is 42.5 Å². The van der Waals surface area contributed by atoms with Gasteiger partial charge < -0.3 is 41.5 Å². The second-order valence-electron chi connectivity index (χ2n) is 9.96. The summed E-state index contributed by atoms with van der Waals surface area (Å²) in [6, 6.07) is 14.3. The topological polar surface area (TPSA) is 127 Å². The highest BCUT2D eigenvalue weighted by molar-refractivity contribution is 5.77. The van der Waals surface area contributed by atoms with Gasteiger partial charge in [0, 0.05) is 12.1 Å². The predicted molar refractivity (Wildman–Crippen MR) is 164 cm³/mol. The molecule has 0 fully saturated rings. The molecule has 0 spiro atoms. The van der Waals surface area contributed by atoms with Gasteiger partial charge in [0.25, 0.3) is 0 Å². The molecule has 0 saturated heterocycles. The molecule has 11 heteroatoms. The lowest BCUT2D eigenvalue weighted by Gasteiger charge is -2.17. The monoisotopic (exact) mass is 604 g/mol. The highest BCUT2D eigenvalue weighted by atomic mass is 19.4. The number of benzene rings is 3. The van der Waals surface area contributed by atoms with Gasteiger partial charge in [0.1, 0.15) is 23.0 Å². The predicted octanol–water partition coefficient (Wildman–Crippen LogP) is 5.21. The third-order valence-corrected chi connectivity index (χ3v) is 6.38. The van der Waals surface area contributed by atoms with Crippen molar-refractivity contribution in [1.82, 2.24) is 5.32 Å². The van der Waals surface area contributed by atoms with Crippen molar-refractivity contribution in [3.63, 3.8) is 0 Å². The molecule has 0 unspecified atom stereocenters. The van der Waals surface area contributed by atoms with E-state index >= 15 is 0 Å². The fraction of sp³-hybridized carbons (Fsp3) is 0.438. The molecule has 3 rings (SSSR count). The van der Waals surface area contributed by atoms with Crippen molar-refractivity contribution in [3.8, 4) is 45.3 Å². The van der Waals surface area contributed by atoms with Gasteiger partial charge in [-0.3, -0.25) is 0 Å². The summed E-state index contributed by atoms with van der Waals surface area (Å²) in [6.07, 6.45) is -1.93. The van der Waals surface area contributed by atoms with Gasteiger partial charge in [0.15, 0.2) is 0 Å². The van der Waals surface area contributed by atoms with E-state index < -0.39 is 11.7 Å². The van der Waals surface area contributed by atoms with Crippen LogP contribution in [0.1, 0.15) is 31.2 Å². The number of hydrogen-bond acceptors (Lipinski definition) is 8. The van der Waals surface area contributed by atoms with Crippen molar-refractivity contribution in [2.45, 2.75) is 31.9 Å². The summed E-state index contributed by atoms with van der Waals surface area (Å²) in [5.41, 5.74) is 17.8. The fourth-order valence-electron chi connectivity index (χ4n) is 4.19. The van der Waals surface area contributed by atoms with Crippen LogP contribution in [0.4, 0.5) is 13.2 Å². The SMILES string of the molecule is CNCCCOc1cc(OCCCN)cc(-c2cc(-c3cc(OCCCN)cc(OCCCN)c3)cc(C(F)(F)F)c2)c1. The number of hydrogen-bond donors (Lipinski definition) is 4. The van der Waals surface area contributed by atoms with Crippen LogP contribution in [0.5, 0.6) is 23.0 Å². The lowest BCUT2D eigenvalue weighted by molar-refractivity contribution is -0.137. The van der Waals surface area contributed by atoms with Crippen LogP contribution in [0.3, 0.4) is 0 Å². The Balaban J connectivity index is 2.09. The van der Waals surface area contributed by atoms with Crippen molar-refractivity contribution in [2.75, 3.05) is 59.7 Å². The number of alkyl halides is 3. The van der Waals surface area contributed by atoms with Crippen LogP contribution in [-0.2, 0) is 6.18 Å². The van der Waals surface area contributed by atoms with Gasteiger partial charge in [-0.1, -0.05) is 0 Å². The van der Waals surface area contributed by atoms with Crippen LogP contribution in [-0.4, -0.2) is 59.7 Å². The molecule has 0 saturated carbocycles. The maximum absolute atomic E-state index is 14.2. The van der Waals surface area contributed by atoms with Crippen molar-refractivity contribution >= 4 is 0 Å². The Bertz CT molecular complexity index is 1250. The van der Waals surface area contributed by atoms with E-state index in [0.29, 0.717) is 111 Å². The fourth-order valence-corrected chi connectivity index (χ4v) is 4.19. The molecule has 0 heterocycles. The maximum atomic E-state index is 14.2. The van der Waals surface area contributed by atoms with Crippen molar-refractivity contribution < 1.29 is 32.1 Å². The molecule has 0 radical (unpaired) electrons. The zero-order valence-electron chi connectivity index (χ0n) is 24.7. The molecule has 0 bridgehead atoms. The molecule has 0 aliphatic carbocycles. The van der Waals surface area contributed by atoms with Crippen LogP contribution in [0.2, 0.25) is 0 Å². The Morgan fingerprint density at radius 3 is 1.21 bits per heavy atom. The minimum Gasteiger partial charge on any atom is -0.493 e. The van der Waals surface area contributed by atoms with Crippen LogP contribution in [0.15, 0.2) is 54.6 Å². The van der Waals surface area contributed by atoms with Gasteiger partial charge in [-0.05, 0) is 124 Å². The lowest BCUT2D eigenvalue weighted by atomic mass is 9.95. The summed E-state index contributed by atoms with van der Waals surface area (Å²) in [5, 5.41) is 3.06. The summed E-state index contributed by atoms with van der Waals surface area (Å²) in [5.74, 6) is 1.93. The van der Waals surface area contributed by atoms with E-state index in [2.05, 4.69) is 5.32 Å². The molecule has 236 valence electrons. The zero-order chi connectivity index (χ0) is 31.1. The average molecular weight is 605 g/mol. The molecule has 0 aliphatic rings. The number of nitrogens with one attached hydrogen (secondary N) is 1. The Labute approximate surface area is 251 Å². The van der Waals surface area contributed by atoms with E-state index in [0.717, 1.165) is 25.1 Å². The summed E-state index contributed by atoms with van der Waals surface area (Å²) in [7, 11) is 1.85. The maximum Gasteiger partial charge on any atom is 0.416 e. The van der Waals surface area contributed by atoms with E-state index in [1.807, 2.05) is 7.05 Å². The lowest BCUT2D eigenvalue weighted by Crippen LogP contribution is -2.11. The second-order valence-corrected chi connectivity index (χ2v) is 9.96. The largest absolute Gasteiger partial charge is 0.493 e. The molecule has 3 aromatic carbocycles. The first kappa shape index (κ1) is 34.0. The molecular weight excluding hydrogens is 561 g/mol. The first-order valence-electron chi connectivity index (χ1n) is 14.6. The minimum atomic E-state index is -4.58. The van der Waals surface area contributed by atoms with Crippen LogP contribution in [0, 0.1) is 0 Å². The molecule has 0 amide bonds. The molecule has 7 N–H and O–H groups in total. The summed E-state index contributed by atoms with van der Waals surface area (Å²) in [4.78, 5) is 0. The van der Waals surface area contributed by atoms with Gasteiger partial charge in [-0.2, -0.15) is 13.2 Å². The first-order chi connectivity index (χ1) is 20.8. The Hall–Kier alpha value is -3.51. The smallest absolute Gasteiger partial charge is 0.416 e. The van der Waals surface area contributed by atoms with Gasteiger partial charge in [0.05, 0.1) is 32.0 Å². The Morgan fingerprint density at radius 2 is 0.884 bits per heavy atom. The van der Waals surface area contributed by atoms with Crippen LogP contribution in [0.25, 0.3) is 22.3 Å². The number of nitrogens with two attached hydrogens (primary N) is 3. The van der Waals surface area contributed by atoms with Crippen LogP contribution >= 0.6 is 0 Å². The van der Waals surface area contributed by atoms with Gasteiger partial charge in [-0.25, -0.2) is 0 Å². The Kier molecular flexibility index (Phi) is 13.9. The first-order valence-corrected chi connectivity index (χ1v) is 14.6. The molecule has 0 aromatic heterocycles. The van der Waals surface area contributed by atoms with Crippen molar-refractivity contribution in [2.24, 2.45) is 17.2 Å². The normalized spacial score (nSPS) is 11.4. The van der Waals surface area contributed by atoms with E-state index in [4.69, 9.17) is 36.1 Å². The summed E-state index contributed by atoms with van der Waals surface area (Å²) < 4.78 is 66.1. The molecule has 43 heavy (non-hydrogen) atoms. The van der Waals surface area contributed by atoms with Gasteiger partial charge in [0.2, 0.25) is 0 Å². The van der Waals surface area contributed by atoms with Crippen molar-refractivity contribution in [3.05, 3.63) is 60.2 Å². The molecule has 8 nitrogen and oxygen atoms in total. The third kappa shape index (κ3) is 11.3. The molecule has 3 aromatic rings. The summed E-state index contributed by atoms with van der Waals surface area (Å²) in [6.45, 7) is 3.66. The quantitative estimate of drug-likeness (QED) is 0.137. The van der Waals surface area contributed by atoms with Crippen molar-refractivity contribution in [1.29, 1.82) is 0 Å². The Morgan fingerprint density at radius 1 is 0.535 bits per heavy atom. The number of rotatable bonds is 19. The highest BCUT2D eigenvalue weighted by Crippen LogP contribution is 2.40. The minimum absolute atomic E-state index is 0.351. The molecule has 0 atom stereocenters. The van der Waals surface area contributed by atoms with Gasteiger partial charge in [-0.15, -0.1) is 0 Å². The average Bonchev–Trinajstić information content (AvgIpc) is 2.99. The van der Waals surface area contributed by atoms with Gasteiger partial charge >= 0.3 is 6.18 Å². The zero-order valence-corrected chi connectivity index (χ0v) is 24.7. The second kappa shape index (κ2) is 17.6.